The summed E-state index contributed by atoms with van der Waals surface area (Å²) in [7, 11) is 0. The van der Waals surface area contributed by atoms with E-state index in [9.17, 15) is 14.4 Å². The number of amides is 3. The van der Waals surface area contributed by atoms with Crippen LogP contribution in [0, 0.1) is 0 Å². The fourth-order valence-corrected chi connectivity index (χ4v) is 3.60. The van der Waals surface area contributed by atoms with Crippen LogP contribution >= 0.6 is 11.8 Å². The van der Waals surface area contributed by atoms with Crippen molar-refractivity contribution in [3.8, 4) is 0 Å². The molecule has 2 aromatic carbocycles. The first-order chi connectivity index (χ1) is 13.0. The number of anilines is 1. The molecule has 1 heterocycles. The highest BCUT2D eigenvalue weighted by atomic mass is 32.2. The third-order valence-electron chi connectivity index (χ3n) is 4.16. The standard InChI is InChI=1S/C20H21N3O3S/c1-13-19(25)23-16-11-15(7-8-17(16)27-13)20(26)22-12-18(24)21-10-9-14-5-3-2-4-6-14/h2-8,11,13H,9-10,12H2,1H3,(H,21,24)(H,22,26)(H,23,25). The molecule has 0 aromatic heterocycles. The number of thioether (sulfide) groups is 1. The van der Waals surface area contributed by atoms with Crippen LogP contribution < -0.4 is 16.0 Å². The van der Waals surface area contributed by atoms with Gasteiger partial charge in [0, 0.05) is 17.0 Å². The van der Waals surface area contributed by atoms with E-state index in [1.807, 2.05) is 43.3 Å². The van der Waals surface area contributed by atoms with E-state index in [2.05, 4.69) is 16.0 Å². The Bertz CT molecular complexity index is 855. The Morgan fingerprint density at radius 3 is 2.67 bits per heavy atom. The smallest absolute Gasteiger partial charge is 0.251 e. The Balaban J connectivity index is 1.47. The summed E-state index contributed by atoms with van der Waals surface area (Å²) in [5.41, 5.74) is 2.18. The number of carbonyl (C=O) groups excluding carboxylic acids is 3. The SMILES string of the molecule is CC1Sc2ccc(C(=O)NCC(=O)NCCc3ccccc3)cc2NC1=O. The molecule has 0 spiro atoms. The van der Waals surface area contributed by atoms with E-state index in [1.54, 1.807) is 12.1 Å². The van der Waals surface area contributed by atoms with Crippen molar-refractivity contribution in [2.75, 3.05) is 18.4 Å². The summed E-state index contributed by atoms with van der Waals surface area (Å²) >= 11 is 1.46. The Labute approximate surface area is 162 Å². The van der Waals surface area contributed by atoms with Crippen LogP contribution in [0.2, 0.25) is 0 Å². The summed E-state index contributed by atoms with van der Waals surface area (Å²) in [6, 6.07) is 15.0. The monoisotopic (exact) mass is 383 g/mol. The minimum Gasteiger partial charge on any atom is -0.354 e. The second-order valence-corrected chi connectivity index (χ2v) is 7.61. The molecule has 1 aliphatic rings. The first-order valence-electron chi connectivity index (χ1n) is 8.73. The molecule has 1 aliphatic heterocycles. The van der Waals surface area contributed by atoms with Gasteiger partial charge in [0.2, 0.25) is 11.8 Å². The largest absolute Gasteiger partial charge is 0.354 e. The van der Waals surface area contributed by atoms with Gasteiger partial charge in [-0.1, -0.05) is 30.3 Å². The van der Waals surface area contributed by atoms with Gasteiger partial charge in [0.15, 0.2) is 0 Å². The molecule has 1 atom stereocenters. The van der Waals surface area contributed by atoms with Gasteiger partial charge in [0.1, 0.15) is 0 Å². The predicted molar refractivity (Wildman–Crippen MR) is 106 cm³/mol. The Morgan fingerprint density at radius 1 is 1.11 bits per heavy atom. The lowest BCUT2D eigenvalue weighted by atomic mass is 10.1. The normalized spacial score (nSPS) is 15.4. The highest BCUT2D eigenvalue weighted by Crippen LogP contribution is 2.35. The lowest BCUT2D eigenvalue weighted by Crippen LogP contribution is -2.37. The number of carbonyl (C=O) groups is 3. The van der Waals surface area contributed by atoms with Crippen molar-refractivity contribution in [1.82, 2.24) is 10.6 Å². The van der Waals surface area contributed by atoms with Crippen LogP contribution in [0.1, 0.15) is 22.8 Å². The zero-order chi connectivity index (χ0) is 19.2. The third-order valence-corrected chi connectivity index (χ3v) is 5.34. The van der Waals surface area contributed by atoms with Crippen molar-refractivity contribution in [3.05, 3.63) is 59.7 Å². The van der Waals surface area contributed by atoms with E-state index >= 15 is 0 Å². The van der Waals surface area contributed by atoms with Crippen LogP contribution in [-0.4, -0.2) is 36.1 Å². The van der Waals surface area contributed by atoms with E-state index < -0.39 is 0 Å². The molecule has 7 heteroatoms. The van der Waals surface area contributed by atoms with Gasteiger partial charge in [0.05, 0.1) is 17.5 Å². The highest BCUT2D eigenvalue weighted by Gasteiger charge is 2.23. The Kier molecular flexibility index (Phi) is 6.13. The lowest BCUT2D eigenvalue weighted by molar-refractivity contribution is -0.120. The van der Waals surface area contributed by atoms with Crippen LogP contribution in [0.25, 0.3) is 0 Å². The topological polar surface area (TPSA) is 87.3 Å². The molecule has 2 aromatic rings. The summed E-state index contributed by atoms with van der Waals surface area (Å²) in [6.07, 6.45) is 0.737. The van der Waals surface area contributed by atoms with Gasteiger partial charge in [0.25, 0.3) is 5.91 Å². The van der Waals surface area contributed by atoms with Gasteiger partial charge in [-0.25, -0.2) is 0 Å². The minimum atomic E-state index is -0.353. The summed E-state index contributed by atoms with van der Waals surface area (Å²) in [6.45, 7) is 2.25. The number of hydrogen-bond acceptors (Lipinski definition) is 4. The molecule has 0 fully saturated rings. The van der Waals surface area contributed by atoms with Crippen LogP contribution in [0.15, 0.2) is 53.4 Å². The van der Waals surface area contributed by atoms with E-state index in [0.717, 1.165) is 16.9 Å². The highest BCUT2D eigenvalue weighted by molar-refractivity contribution is 8.00. The predicted octanol–water partition coefficient (Wildman–Crippen LogP) is 2.21. The molecule has 0 radical (unpaired) electrons. The maximum absolute atomic E-state index is 12.3. The molecular weight excluding hydrogens is 362 g/mol. The molecule has 6 nitrogen and oxygen atoms in total. The number of benzene rings is 2. The van der Waals surface area contributed by atoms with Crippen LogP contribution in [0.3, 0.4) is 0 Å². The van der Waals surface area contributed by atoms with E-state index in [0.29, 0.717) is 17.8 Å². The molecule has 0 aliphatic carbocycles. The van der Waals surface area contributed by atoms with Crippen LogP contribution in [-0.2, 0) is 16.0 Å². The fraction of sp³-hybridized carbons (Fsp3) is 0.250. The molecule has 3 N–H and O–H groups in total. The second kappa shape index (κ2) is 8.73. The first-order valence-corrected chi connectivity index (χ1v) is 9.61. The van der Waals surface area contributed by atoms with Gasteiger partial charge >= 0.3 is 0 Å². The van der Waals surface area contributed by atoms with Crippen LogP contribution in [0.5, 0.6) is 0 Å². The quantitative estimate of drug-likeness (QED) is 0.714. The third kappa shape index (κ3) is 5.10. The average Bonchev–Trinajstić information content (AvgIpc) is 2.67. The summed E-state index contributed by atoms with van der Waals surface area (Å²) in [5.74, 6) is -0.674. The molecule has 3 amide bonds. The summed E-state index contributed by atoms with van der Waals surface area (Å²) in [5, 5.41) is 8.03. The van der Waals surface area contributed by atoms with Crippen molar-refractivity contribution in [3.63, 3.8) is 0 Å². The fourth-order valence-electron chi connectivity index (χ4n) is 2.67. The van der Waals surface area contributed by atoms with Gasteiger partial charge in [-0.15, -0.1) is 11.8 Å². The van der Waals surface area contributed by atoms with Gasteiger partial charge in [-0.3, -0.25) is 14.4 Å². The lowest BCUT2D eigenvalue weighted by Gasteiger charge is -2.21. The summed E-state index contributed by atoms with van der Waals surface area (Å²) < 4.78 is 0. The molecule has 3 rings (SSSR count). The molecule has 140 valence electrons. The first kappa shape index (κ1) is 19.0. The van der Waals surface area contributed by atoms with Gasteiger partial charge in [-0.05, 0) is 37.1 Å². The number of fused-ring (bicyclic) bond motifs is 1. The van der Waals surface area contributed by atoms with Crippen molar-refractivity contribution < 1.29 is 14.4 Å². The molecule has 1 unspecified atom stereocenters. The molecule has 0 saturated carbocycles. The number of nitrogens with one attached hydrogen (secondary N) is 3. The summed E-state index contributed by atoms with van der Waals surface area (Å²) in [4.78, 5) is 36.9. The number of rotatable bonds is 6. The zero-order valence-corrected chi connectivity index (χ0v) is 15.8. The Hall–Kier alpha value is -2.80. The second-order valence-electron chi connectivity index (χ2n) is 6.23. The van der Waals surface area contributed by atoms with Gasteiger partial charge in [-0.2, -0.15) is 0 Å². The van der Waals surface area contributed by atoms with Crippen molar-refractivity contribution in [1.29, 1.82) is 0 Å². The zero-order valence-electron chi connectivity index (χ0n) is 15.0. The van der Waals surface area contributed by atoms with Crippen molar-refractivity contribution >= 4 is 35.2 Å². The van der Waals surface area contributed by atoms with Crippen molar-refractivity contribution in [2.24, 2.45) is 0 Å². The maximum Gasteiger partial charge on any atom is 0.251 e. The minimum absolute atomic E-state index is 0.0807. The number of hydrogen-bond donors (Lipinski definition) is 3. The van der Waals surface area contributed by atoms with Crippen LogP contribution in [0.4, 0.5) is 5.69 Å². The van der Waals surface area contributed by atoms with Gasteiger partial charge < -0.3 is 16.0 Å². The van der Waals surface area contributed by atoms with Crippen molar-refractivity contribution in [2.45, 2.75) is 23.5 Å². The Morgan fingerprint density at radius 2 is 1.89 bits per heavy atom. The maximum atomic E-state index is 12.3. The van der Waals surface area contributed by atoms with E-state index in [-0.39, 0.29) is 29.5 Å². The average molecular weight is 383 g/mol. The molecular formula is C20H21N3O3S. The van der Waals surface area contributed by atoms with E-state index in [4.69, 9.17) is 0 Å². The molecule has 0 saturated heterocycles. The van der Waals surface area contributed by atoms with E-state index in [1.165, 1.54) is 11.8 Å². The molecule has 27 heavy (non-hydrogen) atoms. The molecule has 0 bridgehead atoms.